The number of ether oxygens (including phenoxy) is 1. The zero-order chi connectivity index (χ0) is 36.7. The fourth-order valence-electron chi connectivity index (χ4n) is 7.41. The first-order valence-electron chi connectivity index (χ1n) is 18.4. The quantitative estimate of drug-likeness (QED) is 0.162. The predicted octanol–water partition coefficient (Wildman–Crippen LogP) is 10.9. The molecule has 4 heterocycles. The van der Waals surface area contributed by atoms with Gasteiger partial charge >= 0.3 is 0 Å². The molecule has 0 aliphatic carbocycles. The summed E-state index contributed by atoms with van der Waals surface area (Å²) in [5.74, 6) is 1.77. The van der Waals surface area contributed by atoms with E-state index in [0.29, 0.717) is 22.9 Å². The van der Waals surface area contributed by atoms with Crippen LogP contribution in [0.3, 0.4) is 0 Å². The van der Waals surface area contributed by atoms with Gasteiger partial charge in [-0.3, -0.25) is 0 Å². The average molecular weight is 857 g/mol. The van der Waals surface area contributed by atoms with Gasteiger partial charge in [0.25, 0.3) is 0 Å². The molecule has 3 aromatic heterocycles. The van der Waals surface area contributed by atoms with Crippen molar-refractivity contribution in [2.75, 3.05) is 16.8 Å². The Hall–Kier alpha value is -5.84. The van der Waals surface area contributed by atoms with Crippen molar-refractivity contribution in [3.05, 3.63) is 158 Å². The van der Waals surface area contributed by atoms with E-state index in [1.807, 2.05) is 96.0 Å². The number of pyridine rings is 1. The second-order valence-electron chi connectivity index (χ2n) is 13.0. The molecule has 0 saturated heterocycles. The molecule has 1 aliphatic heterocycles. The Bertz CT molecular complexity index is 2940. The Balaban J connectivity index is 0.00000397. The molecule has 0 spiro atoms. The van der Waals surface area contributed by atoms with E-state index < -0.39 is 6.98 Å². The maximum Gasteiger partial charge on any atom is 0.137 e. The van der Waals surface area contributed by atoms with E-state index in [1.54, 1.807) is 6.67 Å². The first kappa shape index (κ1) is 28.8. The first-order chi connectivity index (χ1) is 26.2. The van der Waals surface area contributed by atoms with Gasteiger partial charge in [0.15, 0.2) is 0 Å². The molecular weight excluding hydrogens is 822 g/mol. The molecule has 0 unspecified atom stereocenters. The van der Waals surface area contributed by atoms with Gasteiger partial charge in [-0.2, -0.15) is 18.8 Å². The van der Waals surface area contributed by atoms with Crippen molar-refractivity contribution in [2.45, 2.75) is 6.92 Å². The maximum absolute atomic E-state index is 8.24. The normalized spacial score (nSPS) is 13.7. The monoisotopic (exact) mass is 856 g/mol. The van der Waals surface area contributed by atoms with Crippen LogP contribution in [0, 0.1) is 25.7 Å². The molecule has 0 saturated carbocycles. The van der Waals surface area contributed by atoms with Gasteiger partial charge in [0.05, 0.1) is 5.52 Å². The second-order valence-corrected chi connectivity index (χ2v) is 13.0. The van der Waals surface area contributed by atoms with Crippen molar-refractivity contribution in [3.8, 4) is 28.4 Å². The average Bonchev–Trinajstić information content (AvgIpc) is 3.82. The van der Waals surface area contributed by atoms with Gasteiger partial charge in [-0.05, 0) is 60.2 Å². The number of hydrogen-bond donors (Lipinski definition) is 0. The smallest absolute Gasteiger partial charge is 0.137 e. The molecule has 0 radical (unpaired) electrons. The number of para-hydroxylation sites is 1. The van der Waals surface area contributed by atoms with Gasteiger partial charge in [-0.15, -0.1) is 41.4 Å². The van der Waals surface area contributed by atoms with Crippen LogP contribution in [0.4, 0.5) is 17.1 Å². The van der Waals surface area contributed by atoms with Gasteiger partial charge in [0.2, 0.25) is 0 Å². The van der Waals surface area contributed by atoms with Crippen molar-refractivity contribution < 1.29 is 29.9 Å². The van der Waals surface area contributed by atoms with Crippen molar-refractivity contribution in [1.82, 2.24) is 14.1 Å². The Kier molecular flexibility index (Phi) is 6.89. The number of hydrogen-bond acceptors (Lipinski definition) is 4. The number of fused-ring (bicyclic) bond motifs is 7. The summed E-state index contributed by atoms with van der Waals surface area (Å²) in [5, 5.41) is 4.41. The Labute approximate surface area is 320 Å². The van der Waals surface area contributed by atoms with Crippen LogP contribution >= 0.6 is 0 Å². The number of nitrogens with zero attached hydrogens (tertiary/aromatic N) is 5. The van der Waals surface area contributed by atoms with Crippen molar-refractivity contribution in [1.29, 1.82) is 0 Å². The van der Waals surface area contributed by atoms with E-state index in [-0.39, 0.29) is 21.1 Å². The molecular formula is C45H32N5OPt-3. The molecule has 1 aliphatic rings. The van der Waals surface area contributed by atoms with Gasteiger partial charge in [0.1, 0.15) is 5.82 Å². The van der Waals surface area contributed by atoms with Gasteiger partial charge < -0.3 is 23.7 Å². The van der Waals surface area contributed by atoms with Crippen LogP contribution in [-0.2, 0) is 28.1 Å². The molecule has 10 rings (SSSR count). The summed E-state index contributed by atoms with van der Waals surface area (Å²) in [5.41, 5.74) is 9.34. The fraction of sp³-hybridized carbons (Fsp3) is 0.0667. The summed E-state index contributed by atoms with van der Waals surface area (Å²) in [7, 11) is 2.10. The Morgan fingerprint density at radius 3 is 2.35 bits per heavy atom. The number of benzene rings is 6. The molecule has 0 bridgehead atoms. The molecule has 0 fully saturated rings. The van der Waals surface area contributed by atoms with Gasteiger partial charge in [-0.25, -0.2) is 4.98 Å². The van der Waals surface area contributed by atoms with Crippen molar-refractivity contribution in [3.63, 3.8) is 0 Å². The summed E-state index contributed by atoms with van der Waals surface area (Å²) in [6.07, 6.45) is 1.97. The molecule has 0 N–H and O–H groups in total. The predicted molar refractivity (Wildman–Crippen MR) is 208 cm³/mol. The molecule has 0 atom stereocenters. The van der Waals surface area contributed by atoms with Gasteiger partial charge in [-0.1, -0.05) is 72.2 Å². The Morgan fingerprint density at radius 2 is 1.46 bits per heavy atom. The fourth-order valence-corrected chi connectivity index (χ4v) is 7.41. The van der Waals surface area contributed by atoms with E-state index in [9.17, 15) is 0 Å². The SMILES string of the molecule is [2H]C([2H])([2H])N1[CH-]N(c2[c-]c(Oc3[c-]c4c(cc3)c3ccccc3n4-c3cc4c(cn3)c3ccc(C)cc3n4C)ccc2)c2cc(-c3ccccc3)ccc21.[Pt]. The third-order valence-corrected chi connectivity index (χ3v) is 9.88. The number of anilines is 3. The summed E-state index contributed by atoms with van der Waals surface area (Å²) >= 11 is 0. The summed E-state index contributed by atoms with van der Waals surface area (Å²) < 4.78 is 35.6. The minimum absolute atomic E-state index is 0. The van der Waals surface area contributed by atoms with E-state index in [0.717, 1.165) is 55.3 Å². The van der Waals surface area contributed by atoms with Crippen LogP contribution in [0.1, 0.15) is 9.68 Å². The zero-order valence-corrected chi connectivity index (χ0v) is 30.5. The van der Waals surface area contributed by atoms with Crippen molar-refractivity contribution in [2.24, 2.45) is 7.05 Å². The molecule has 6 aromatic carbocycles. The van der Waals surface area contributed by atoms with Crippen LogP contribution in [-0.4, -0.2) is 21.1 Å². The largest absolute Gasteiger partial charge is 0.509 e. The molecule has 52 heavy (non-hydrogen) atoms. The summed E-state index contributed by atoms with van der Waals surface area (Å²) in [6, 6.07) is 49.4. The Morgan fingerprint density at radius 1 is 0.673 bits per heavy atom. The van der Waals surface area contributed by atoms with E-state index in [2.05, 4.69) is 77.7 Å². The summed E-state index contributed by atoms with van der Waals surface area (Å²) in [6.45, 7) is 1.35. The van der Waals surface area contributed by atoms with Gasteiger partial charge in [0, 0.05) is 89.2 Å². The first-order valence-corrected chi connectivity index (χ1v) is 16.9. The van der Waals surface area contributed by atoms with E-state index >= 15 is 0 Å². The number of aromatic nitrogens is 3. The maximum atomic E-state index is 8.24. The third-order valence-electron chi connectivity index (χ3n) is 9.88. The number of rotatable bonds is 5. The topological polar surface area (TPSA) is 38.5 Å². The van der Waals surface area contributed by atoms with Crippen molar-refractivity contribution >= 4 is 60.7 Å². The standard InChI is InChI=1S/C45H32N5O.Pt/c1-29-16-19-37-38-27-46-45(26-42(38)48(3)41(37)22-29)50-39-15-8-7-14-35(39)36-20-18-34(25-43(36)50)51-33-13-9-12-32(24-33)49-28-47(2)40-21-17-31(23-44(40)49)30-10-5-4-6-11-30;/h4-23,26-28H,1-3H3;/q-3;/i2D3;. The van der Waals surface area contributed by atoms with E-state index in [1.165, 1.54) is 21.4 Å². The molecule has 256 valence electrons. The minimum Gasteiger partial charge on any atom is -0.509 e. The van der Waals surface area contributed by atoms with Crippen LogP contribution < -0.4 is 14.5 Å². The molecule has 6 nitrogen and oxygen atoms in total. The van der Waals surface area contributed by atoms with Crippen LogP contribution in [0.5, 0.6) is 11.5 Å². The molecule has 7 heteroatoms. The number of aryl methyl sites for hydroxylation is 2. The third kappa shape index (κ3) is 5.09. The zero-order valence-electron chi connectivity index (χ0n) is 31.2. The molecule has 0 amide bonds. The summed E-state index contributed by atoms with van der Waals surface area (Å²) in [4.78, 5) is 8.17. The van der Waals surface area contributed by atoms with Crippen LogP contribution in [0.2, 0.25) is 0 Å². The van der Waals surface area contributed by atoms with Crippen LogP contribution in [0.15, 0.2) is 134 Å². The van der Waals surface area contributed by atoms with E-state index in [4.69, 9.17) is 13.8 Å². The minimum atomic E-state index is -2.37. The second kappa shape index (κ2) is 12.4. The van der Waals surface area contributed by atoms with Crippen LogP contribution in [0.25, 0.3) is 60.6 Å². The molecule has 9 aromatic rings.